The summed E-state index contributed by atoms with van der Waals surface area (Å²) in [5.74, 6) is 2.62. The van der Waals surface area contributed by atoms with Crippen LogP contribution in [0.1, 0.15) is 24.4 Å². The van der Waals surface area contributed by atoms with Crippen molar-refractivity contribution in [1.29, 1.82) is 0 Å². The second-order valence-corrected chi connectivity index (χ2v) is 4.01. The first kappa shape index (κ1) is 12.4. The van der Waals surface area contributed by atoms with Crippen molar-refractivity contribution in [2.45, 2.75) is 18.9 Å². The summed E-state index contributed by atoms with van der Waals surface area (Å²) in [6, 6.07) is 5.80. The van der Waals surface area contributed by atoms with Crippen LogP contribution < -0.4 is 5.32 Å². The molecule has 1 unspecified atom stereocenters. The highest BCUT2D eigenvalue weighted by Gasteiger charge is 2.13. The second-order valence-electron chi connectivity index (χ2n) is 3.23. The van der Waals surface area contributed by atoms with Gasteiger partial charge in [0.2, 0.25) is 0 Å². The standard InChI is InChI=1S/C12H13Cl2N/c1-3-4-8-11(15-2)9-6-5-7-10(13)12(9)14/h1,5-7,11,15H,4,8H2,2H3. The lowest BCUT2D eigenvalue weighted by Crippen LogP contribution is -2.16. The first-order valence-corrected chi connectivity index (χ1v) is 5.51. The molecule has 0 aliphatic heterocycles. The number of hydrogen-bond acceptors (Lipinski definition) is 1. The van der Waals surface area contributed by atoms with Crippen LogP contribution in [0.15, 0.2) is 18.2 Å². The van der Waals surface area contributed by atoms with Gasteiger partial charge < -0.3 is 5.32 Å². The summed E-state index contributed by atoms with van der Waals surface area (Å²) in [4.78, 5) is 0. The lowest BCUT2D eigenvalue weighted by molar-refractivity contribution is 0.559. The molecule has 1 atom stereocenters. The molecule has 3 heteroatoms. The number of halogens is 2. The van der Waals surface area contributed by atoms with Gasteiger partial charge in [-0.3, -0.25) is 0 Å². The van der Waals surface area contributed by atoms with E-state index in [1.54, 1.807) is 6.07 Å². The number of nitrogens with one attached hydrogen (secondary N) is 1. The minimum atomic E-state index is 0.159. The van der Waals surface area contributed by atoms with Gasteiger partial charge in [0, 0.05) is 12.5 Å². The first-order valence-electron chi connectivity index (χ1n) is 4.75. The first-order chi connectivity index (χ1) is 7.20. The molecular weight excluding hydrogens is 229 g/mol. The van der Waals surface area contributed by atoms with Gasteiger partial charge >= 0.3 is 0 Å². The predicted octanol–water partition coefficient (Wildman–Crippen LogP) is 3.67. The Hall–Kier alpha value is -0.680. The van der Waals surface area contributed by atoms with E-state index >= 15 is 0 Å². The molecule has 1 N–H and O–H groups in total. The SMILES string of the molecule is C#CCCC(NC)c1cccc(Cl)c1Cl. The number of rotatable bonds is 4. The summed E-state index contributed by atoms with van der Waals surface area (Å²) >= 11 is 12.1. The molecule has 0 fully saturated rings. The van der Waals surface area contributed by atoms with E-state index in [2.05, 4.69) is 11.2 Å². The van der Waals surface area contributed by atoms with Gasteiger partial charge in [-0.15, -0.1) is 12.3 Å². The van der Waals surface area contributed by atoms with Crippen LogP contribution in [0.3, 0.4) is 0 Å². The van der Waals surface area contributed by atoms with E-state index in [0.717, 1.165) is 12.0 Å². The average molecular weight is 242 g/mol. The molecule has 0 heterocycles. The van der Waals surface area contributed by atoms with Crippen molar-refractivity contribution in [1.82, 2.24) is 5.32 Å². The number of hydrogen-bond donors (Lipinski definition) is 1. The Morgan fingerprint density at radius 3 is 2.80 bits per heavy atom. The lowest BCUT2D eigenvalue weighted by atomic mass is 10.0. The molecule has 0 bridgehead atoms. The number of benzene rings is 1. The zero-order valence-corrected chi connectivity index (χ0v) is 10.1. The van der Waals surface area contributed by atoms with Crippen molar-refractivity contribution in [3.8, 4) is 12.3 Å². The monoisotopic (exact) mass is 241 g/mol. The smallest absolute Gasteiger partial charge is 0.0640 e. The minimum Gasteiger partial charge on any atom is -0.313 e. The molecule has 0 radical (unpaired) electrons. The Balaban J connectivity index is 2.92. The van der Waals surface area contributed by atoms with Crippen LogP contribution in [0.25, 0.3) is 0 Å². The maximum atomic E-state index is 6.12. The predicted molar refractivity (Wildman–Crippen MR) is 66.3 cm³/mol. The average Bonchev–Trinajstić information content (AvgIpc) is 2.25. The molecule has 1 nitrogen and oxygen atoms in total. The maximum absolute atomic E-state index is 6.12. The molecule has 1 aromatic carbocycles. The Bertz CT molecular complexity index is 368. The fourth-order valence-electron chi connectivity index (χ4n) is 1.47. The molecule has 0 aromatic heterocycles. The molecule has 0 amide bonds. The normalized spacial score (nSPS) is 12.1. The highest BCUT2D eigenvalue weighted by Crippen LogP contribution is 2.31. The molecule has 0 aliphatic carbocycles. The van der Waals surface area contributed by atoms with Crippen molar-refractivity contribution < 1.29 is 0 Å². The summed E-state index contributed by atoms with van der Waals surface area (Å²) in [6.07, 6.45) is 6.81. The zero-order valence-electron chi connectivity index (χ0n) is 8.56. The van der Waals surface area contributed by atoms with E-state index in [1.165, 1.54) is 0 Å². The van der Waals surface area contributed by atoms with E-state index in [0.29, 0.717) is 16.5 Å². The van der Waals surface area contributed by atoms with Gasteiger partial charge in [-0.25, -0.2) is 0 Å². The van der Waals surface area contributed by atoms with Crippen LogP contribution in [0.2, 0.25) is 10.0 Å². The van der Waals surface area contributed by atoms with E-state index in [9.17, 15) is 0 Å². The minimum absolute atomic E-state index is 0.159. The molecule has 0 spiro atoms. The van der Waals surface area contributed by atoms with Crippen LogP contribution in [-0.2, 0) is 0 Å². The van der Waals surface area contributed by atoms with E-state index in [4.69, 9.17) is 29.6 Å². The molecule has 1 aromatic rings. The zero-order chi connectivity index (χ0) is 11.3. The van der Waals surface area contributed by atoms with Crippen LogP contribution in [0.4, 0.5) is 0 Å². The summed E-state index contributed by atoms with van der Waals surface area (Å²) in [5.41, 5.74) is 1.00. The largest absolute Gasteiger partial charge is 0.313 e. The fourth-order valence-corrected chi connectivity index (χ4v) is 1.91. The van der Waals surface area contributed by atoms with E-state index in [-0.39, 0.29) is 6.04 Å². The number of terminal acetylenes is 1. The summed E-state index contributed by atoms with van der Waals surface area (Å²) in [6.45, 7) is 0. The van der Waals surface area contributed by atoms with Crippen LogP contribution in [0.5, 0.6) is 0 Å². The van der Waals surface area contributed by atoms with Crippen LogP contribution in [0, 0.1) is 12.3 Å². The van der Waals surface area contributed by atoms with Crippen LogP contribution >= 0.6 is 23.2 Å². The Morgan fingerprint density at radius 1 is 1.47 bits per heavy atom. The Labute approximate surface area is 101 Å². The molecule has 0 saturated carbocycles. The van der Waals surface area contributed by atoms with Gasteiger partial charge in [0.25, 0.3) is 0 Å². The maximum Gasteiger partial charge on any atom is 0.0640 e. The summed E-state index contributed by atoms with van der Waals surface area (Å²) in [7, 11) is 1.89. The molecule has 1 rings (SSSR count). The topological polar surface area (TPSA) is 12.0 Å². The van der Waals surface area contributed by atoms with Gasteiger partial charge in [-0.2, -0.15) is 0 Å². The third-order valence-corrected chi connectivity index (χ3v) is 3.12. The van der Waals surface area contributed by atoms with Crippen molar-refractivity contribution in [2.24, 2.45) is 0 Å². The molecular formula is C12H13Cl2N. The quantitative estimate of drug-likeness (QED) is 0.794. The molecule has 0 aliphatic rings. The van der Waals surface area contributed by atoms with Gasteiger partial charge in [-0.1, -0.05) is 35.3 Å². The highest BCUT2D eigenvalue weighted by molar-refractivity contribution is 6.42. The Kier molecular flexibility index (Phi) is 4.98. The second kappa shape index (κ2) is 6.02. The van der Waals surface area contributed by atoms with E-state index < -0.39 is 0 Å². The summed E-state index contributed by atoms with van der Waals surface area (Å²) in [5, 5.41) is 4.37. The molecule has 15 heavy (non-hydrogen) atoms. The van der Waals surface area contributed by atoms with Crippen molar-refractivity contribution >= 4 is 23.2 Å². The van der Waals surface area contributed by atoms with Gasteiger partial charge in [0.05, 0.1) is 10.0 Å². The van der Waals surface area contributed by atoms with Gasteiger partial charge in [0.1, 0.15) is 0 Å². The third-order valence-electron chi connectivity index (χ3n) is 2.28. The highest BCUT2D eigenvalue weighted by atomic mass is 35.5. The lowest BCUT2D eigenvalue weighted by Gasteiger charge is -2.17. The van der Waals surface area contributed by atoms with Crippen LogP contribution in [-0.4, -0.2) is 7.05 Å². The Morgan fingerprint density at radius 2 is 2.20 bits per heavy atom. The third kappa shape index (κ3) is 3.14. The van der Waals surface area contributed by atoms with Gasteiger partial charge in [0.15, 0.2) is 0 Å². The van der Waals surface area contributed by atoms with Crippen molar-refractivity contribution in [2.75, 3.05) is 7.05 Å². The molecule has 80 valence electrons. The van der Waals surface area contributed by atoms with Crippen molar-refractivity contribution in [3.05, 3.63) is 33.8 Å². The van der Waals surface area contributed by atoms with Gasteiger partial charge in [-0.05, 0) is 25.1 Å². The fraction of sp³-hybridized carbons (Fsp3) is 0.333. The van der Waals surface area contributed by atoms with Crippen molar-refractivity contribution in [3.63, 3.8) is 0 Å². The summed E-state index contributed by atoms with van der Waals surface area (Å²) < 4.78 is 0. The van der Waals surface area contributed by atoms with E-state index in [1.807, 2.05) is 19.2 Å². The molecule has 0 saturated heterocycles.